The van der Waals surface area contributed by atoms with E-state index in [-0.39, 0.29) is 11.9 Å². The molecule has 1 saturated heterocycles. The molecule has 3 heterocycles. The quantitative estimate of drug-likeness (QED) is 0.422. The first kappa shape index (κ1) is 18.7. The number of carbonyl (C=O) groups excluding carboxylic acids is 2. The maximum Gasteiger partial charge on any atom is 0.322 e. The second-order valence-electron chi connectivity index (χ2n) is 7.59. The predicted octanol–water partition coefficient (Wildman–Crippen LogP) is 3.84. The summed E-state index contributed by atoms with van der Waals surface area (Å²) in [6.45, 7) is 2.77. The SMILES string of the molecule is Cc1nc(-c2cc3ccccc3o2)sc1SNCC1CCC2(C1)NC(=O)NC2=O. The summed E-state index contributed by atoms with van der Waals surface area (Å²) >= 11 is 3.17. The van der Waals surface area contributed by atoms with Crippen molar-refractivity contribution in [2.75, 3.05) is 6.54 Å². The van der Waals surface area contributed by atoms with Gasteiger partial charge in [-0.15, -0.1) is 11.3 Å². The third-order valence-electron chi connectivity index (χ3n) is 5.56. The average molecular weight is 429 g/mol. The number of amides is 3. The lowest BCUT2D eigenvalue weighted by molar-refractivity contribution is -0.123. The Balaban J connectivity index is 1.21. The summed E-state index contributed by atoms with van der Waals surface area (Å²) in [4.78, 5) is 28.2. The fourth-order valence-corrected chi connectivity index (χ4v) is 6.04. The van der Waals surface area contributed by atoms with E-state index in [1.54, 1.807) is 23.3 Å². The number of hydrogen-bond acceptors (Lipinski definition) is 7. The number of para-hydroxylation sites is 1. The van der Waals surface area contributed by atoms with Crippen molar-refractivity contribution in [2.24, 2.45) is 5.92 Å². The van der Waals surface area contributed by atoms with Crippen LogP contribution in [-0.4, -0.2) is 29.0 Å². The molecule has 0 radical (unpaired) electrons. The third-order valence-corrected chi connectivity index (χ3v) is 7.82. The minimum Gasteiger partial charge on any atom is -0.454 e. The summed E-state index contributed by atoms with van der Waals surface area (Å²) < 4.78 is 10.4. The Morgan fingerprint density at radius 2 is 2.24 bits per heavy atom. The minimum absolute atomic E-state index is 0.188. The van der Waals surface area contributed by atoms with Crippen LogP contribution >= 0.6 is 23.3 Å². The molecule has 2 atom stereocenters. The van der Waals surface area contributed by atoms with Crippen molar-refractivity contribution in [3.05, 3.63) is 36.0 Å². The lowest BCUT2D eigenvalue weighted by Crippen LogP contribution is -2.44. The van der Waals surface area contributed by atoms with Crippen LogP contribution in [-0.2, 0) is 4.79 Å². The zero-order valence-corrected chi connectivity index (χ0v) is 17.4. The predicted molar refractivity (Wildman–Crippen MR) is 113 cm³/mol. The molecule has 3 aromatic rings. The number of benzene rings is 1. The highest BCUT2D eigenvalue weighted by molar-refractivity contribution is 7.99. The topological polar surface area (TPSA) is 96.3 Å². The summed E-state index contributed by atoms with van der Waals surface area (Å²) in [6.07, 6.45) is 2.27. The van der Waals surface area contributed by atoms with Crippen LogP contribution in [0.1, 0.15) is 25.0 Å². The van der Waals surface area contributed by atoms with E-state index in [1.165, 1.54) is 0 Å². The van der Waals surface area contributed by atoms with E-state index in [9.17, 15) is 9.59 Å². The van der Waals surface area contributed by atoms with Gasteiger partial charge in [0.25, 0.3) is 5.91 Å². The van der Waals surface area contributed by atoms with Crippen LogP contribution in [0.5, 0.6) is 0 Å². The molecule has 7 nitrogen and oxygen atoms in total. The molecule has 29 heavy (non-hydrogen) atoms. The Hall–Kier alpha value is -2.36. The van der Waals surface area contributed by atoms with Crippen LogP contribution in [0, 0.1) is 12.8 Å². The van der Waals surface area contributed by atoms with Gasteiger partial charge in [-0.3, -0.25) is 14.8 Å². The first-order valence-electron chi connectivity index (χ1n) is 9.52. The molecule has 3 amide bonds. The molecule has 2 aliphatic rings. The molecular weight excluding hydrogens is 408 g/mol. The van der Waals surface area contributed by atoms with Crippen molar-refractivity contribution in [3.63, 3.8) is 0 Å². The summed E-state index contributed by atoms with van der Waals surface area (Å²) in [5, 5.41) is 7.10. The van der Waals surface area contributed by atoms with E-state index in [0.717, 1.165) is 44.6 Å². The number of fused-ring (bicyclic) bond motifs is 1. The first-order valence-corrected chi connectivity index (χ1v) is 11.2. The van der Waals surface area contributed by atoms with Gasteiger partial charge in [-0.2, -0.15) is 0 Å². The van der Waals surface area contributed by atoms with E-state index in [1.807, 2.05) is 37.3 Å². The monoisotopic (exact) mass is 428 g/mol. The highest BCUT2D eigenvalue weighted by Gasteiger charge is 2.50. The number of furan rings is 1. The van der Waals surface area contributed by atoms with Crippen molar-refractivity contribution in [2.45, 2.75) is 35.9 Å². The Kier molecular flexibility index (Phi) is 4.60. The van der Waals surface area contributed by atoms with Gasteiger partial charge in [0.2, 0.25) is 0 Å². The van der Waals surface area contributed by atoms with Crippen molar-refractivity contribution in [1.82, 2.24) is 20.3 Å². The van der Waals surface area contributed by atoms with E-state index < -0.39 is 5.54 Å². The van der Waals surface area contributed by atoms with Crippen molar-refractivity contribution < 1.29 is 14.0 Å². The Labute approximate surface area is 175 Å². The zero-order valence-electron chi connectivity index (χ0n) is 15.8. The number of rotatable bonds is 5. The van der Waals surface area contributed by atoms with Gasteiger partial charge in [0.15, 0.2) is 10.8 Å². The molecule has 1 aliphatic heterocycles. The second-order valence-corrected chi connectivity index (χ2v) is 9.75. The Bertz CT molecular complexity index is 1080. The molecule has 0 bridgehead atoms. The first-order chi connectivity index (χ1) is 14.0. The van der Waals surface area contributed by atoms with E-state index in [4.69, 9.17) is 4.42 Å². The summed E-state index contributed by atoms with van der Waals surface area (Å²) in [7, 11) is 0. The van der Waals surface area contributed by atoms with Gasteiger partial charge in [-0.1, -0.05) is 18.2 Å². The van der Waals surface area contributed by atoms with Gasteiger partial charge in [-0.25, -0.2) is 9.78 Å². The maximum atomic E-state index is 12.1. The van der Waals surface area contributed by atoms with Crippen molar-refractivity contribution in [3.8, 4) is 10.8 Å². The molecule has 1 saturated carbocycles. The van der Waals surface area contributed by atoms with Gasteiger partial charge >= 0.3 is 6.03 Å². The molecule has 1 spiro atoms. The van der Waals surface area contributed by atoms with Gasteiger partial charge in [0.1, 0.15) is 11.1 Å². The van der Waals surface area contributed by atoms with Crippen LogP contribution in [0.15, 0.2) is 39.0 Å². The number of carbonyl (C=O) groups is 2. The minimum atomic E-state index is -0.705. The van der Waals surface area contributed by atoms with E-state index >= 15 is 0 Å². The lowest BCUT2D eigenvalue weighted by Gasteiger charge is -2.19. The highest BCUT2D eigenvalue weighted by atomic mass is 32.2. The van der Waals surface area contributed by atoms with Crippen LogP contribution in [0.4, 0.5) is 4.79 Å². The number of aromatic nitrogens is 1. The van der Waals surface area contributed by atoms with Gasteiger partial charge in [0, 0.05) is 11.9 Å². The van der Waals surface area contributed by atoms with Crippen LogP contribution in [0.3, 0.4) is 0 Å². The number of aryl methyl sites for hydroxylation is 1. The van der Waals surface area contributed by atoms with E-state index in [2.05, 4.69) is 20.3 Å². The smallest absolute Gasteiger partial charge is 0.322 e. The van der Waals surface area contributed by atoms with Gasteiger partial charge in [-0.05, 0) is 56.2 Å². The summed E-state index contributed by atoms with van der Waals surface area (Å²) in [6, 6.07) is 9.58. The zero-order chi connectivity index (χ0) is 20.0. The number of imide groups is 1. The van der Waals surface area contributed by atoms with Crippen molar-refractivity contribution in [1.29, 1.82) is 0 Å². The van der Waals surface area contributed by atoms with Crippen LogP contribution in [0.2, 0.25) is 0 Å². The van der Waals surface area contributed by atoms with Crippen LogP contribution < -0.4 is 15.4 Å². The number of urea groups is 1. The fourth-order valence-electron chi connectivity index (χ4n) is 4.06. The fraction of sp³-hybridized carbons (Fsp3) is 0.350. The molecule has 5 rings (SSSR count). The number of nitrogens with one attached hydrogen (secondary N) is 3. The Morgan fingerprint density at radius 3 is 3.03 bits per heavy atom. The molecule has 2 aromatic heterocycles. The molecule has 150 valence electrons. The van der Waals surface area contributed by atoms with Gasteiger partial charge < -0.3 is 9.73 Å². The molecule has 1 aromatic carbocycles. The average Bonchev–Trinajstić information content (AvgIpc) is 3.43. The Morgan fingerprint density at radius 1 is 1.38 bits per heavy atom. The lowest BCUT2D eigenvalue weighted by atomic mass is 9.96. The molecular formula is C20H20N4O3S2. The molecule has 2 fully saturated rings. The van der Waals surface area contributed by atoms with Crippen molar-refractivity contribution >= 4 is 46.2 Å². The third kappa shape index (κ3) is 3.43. The maximum absolute atomic E-state index is 12.1. The van der Waals surface area contributed by atoms with E-state index in [0.29, 0.717) is 18.8 Å². The second kappa shape index (κ2) is 7.16. The molecule has 1 aliphatic carbocycles. The summed E-state index contributed by atoms with van der Waals surface area (Å²) in [5.41, 5.74) is 1.12. The molecule has 9 heteroatoms. The number of thiazole rings is 1. The standard InChI is InChI=1S/C20H20N4O3S2/c1-11-17(28-16(22-11)15-8-13-4-2-3-5-14(13)27-15)29-21-10-12-6-7-20(9-12)18(25)23-19(26)24-20/h2-5,8,12,21H,6-7,9-10H2,1H3,(H2,23,24,25,26). The number of hydrogen-bond donors (Lipinski definition) is 3. The van der Waals surface area contributed by atoms with Gasteiger partial charge in [0.05, 0.1) is 9.90 Å². The largest absolute Gasteiger partial charge is 0.454 e. The molecule has 2 unspecified atom stereocenters. The molecule has 3 N–H and O–H groups in total. The number of nitrogens with zero attached hydrogens (tertiary/aromatic N) is 1. The summed E-state index contributed by atoms with van der Waals surface area (Å²) in [5.74, 6) is 0.938. The normalized spacial score (nSPS) is 23.8. The van der Waals surface area contributed by atoms with Crippen LogP contribution in [0.25, 0.3) is 21.7 Å². The highest BCUT2D eigenvalue weighted by Crippen LogP contribution is 2.38.